The molecule has 0 aromatic heterocycles. The van der Waals surface area contributed by atoms with Gasteiger partial charge in [-0.3, -0.25) is 14.9 Å². The molecule has 7 heteroatoms. The average molecular weight is 330 g/mol. The van der Waals surface area contributed by atoms with Gasteiger partial charge in [-0.1, -0.05) is 36.7 Å². The Morgan fingerprint density at radius 3 is 2.53 bits per heavy atom. The highest BCUT2D eigenvalue weighted by Gasteiger charge is 2.28. The lowest BCUT2D eigenvalue weighted by Crippen LogP contribution is -2.45. The van der Waals surface area contributed by atoms with E-state index in [1.165, 1.54) is 12.1 Å². The fraction of sp³-hybridized carbons (Fsp3) is 0.417. The van der Waals surface area contributed by atoms with Gasteiger partial charge in [0.2, 0.25) is 5.91 Å². The van der Waals surface area contributed by atoms with Crippen LogP contribution in [0.4, 0.5) is 11.4 Å². The summed E-state index contributed by atoms with van der Waals surface area (Å²) in [6.07, 6.45) is 0. The van der Waals surface area contributed by atoms with E-state index in [0.717, 1.165) is 0 Å². The number of nitro benzene ring substituents is 1. The van der Waals surface area contributed by atoms with E-state index >= 15 is 0 Å². The van der Waals surface area contributed by atoms with Gasteiger partial charge in [0.25, 0.3) is 5.69 Å². The van der Waals surface area contributed by atoms with Crippen molar-refractivity contribution in [2.24, 2.45) is 11.1 Å². The monoisotopic (exact) mass is 329 g/mol. The molecule has 0 unspecified atom stereocenters. The number of halogens is 1. The maximum atomic E-state index is 11.9. The summed E-state index contributed by atoms with van der Waals surface area (Å²) in [5.41, 5.74) is 5.34. The van der Waals surface area contributed by atoms with Crippen LogP contribution in [0.3, 0.4) is 0 Å². The molecule has 0 aliphatic rings. The van der Waals surface area contributed by atoms with Crippen molar-refractivity contribution in [1.82, 2.24) is 0 Å². The minimum Gasteiger partial charge on any atom is -0.319 e. The van der Waals surface area contributed by atoms with Crippen molar-refractivity contribution >= 4 is 33.2 Å². The van der Waals surface area contributed by atoms with Crippen molar-refractivity contribution in [2.45, 2.75) is 26.8 Å². The number of nitrogens with two attached hydrogens (primary N) is 1. The quantitative estimate of drug-likeness (QED) is 0.657. The number of hydrogen-bond acceptors (Lipinski definition) is 4. The predicted octanol–water partition coefficient (Wildman–Crippen LogP) is 2.67. The van der Waals surface area contributed by atoms with Gasteiger partial charge in [-0.05, 0) is 17.5 Å². The van der Waals surface area contributed by atoms with Crippen molar-refractivity contribution in [3.8, 4) is 0 Å². The highest BCUT2D eigenvalue weighted by molar-refractivity contribution is 9.10. The highest BCUT2D eigenvalue weighted by Crippen LogP contribution is 2.28. The Balaban J connectivity index is 3.00. The summed E-state index contributed by atoms with van der Waals surface area (Å²) in [5, 5.41) is 13.4. The van der Waals surface area contributed by atoms with Gasteiger partial charge in [-0.15, -0.1) is 0 Å². The number of carbonyl (C=O) groups excluding carboxylic acids is 1. The smallest absolute Gasteiger partial charge is 0.293 e. The second kappa shape index (κ2) is 5.66. The Labute approximate surface area is 119 Å². The van der Waals surface area contributed by atoms with E-state index in [1.807, 2.05) is 20.8 Å². The Hall–Kier alpha value is -1.47. The lowest BCUT2D eigenvalue weighted by molar-refractivity contribution is -0.384. The van der Waals surface area contributed by atoms with Crippen molar-refractivity contribution in [3.05, 3.63) is 32.8 Å². The zero-order chi connectivity index (χ0) is 14.8. The van der Waals surface area contributed by atoms with Crippen LogP contribution in [-0.4, -0.2) is 16.9 Å². The van der Waals surface area contributed by atoms with E-state index in [4.69, 9.17) is 5.73 Å². The summed E-state index contributed by atoms with van der Waals surface area (Å²) in [6, 6.07) is 3.66. The third-order valence-electron chi connectivity index (χ3n) is 2.63. The highest BCUT2D eigenvalue weighted by atomic mass is 79.9. The fourth-order valence-corrected chi connectivity index (χ4v) is 1.71. The van der Waals surface area contributed by atoms with Crippen LogP contribution in [0.1, 0.15) is 20.8 Å². The number of nitrogens with one attached hydrogen (secondary N) is 1. The SMILES string of the molecule is CC(C)(C)[C@@H](N)C(=O)Nc1ccc(Br)cc1[N+](=O)[O-]. The summed E-state index contributed by atoms with van der Waals surface area (Å²) >= 11 is 3.15. The van der Waals surface area contributed by atoms with Gasteiger partial charge in [0.05, 0.1) is 11.0 Å². The van der Waals surface area contributed by atoms with E-state index in [9.17, 15) is 14.9 Å². The van der Waals surface area contributed by atoms with Gasteiger partial charge >= 0.3 is 0 Å². The van der Waals surface area contributed by atoms with Crippen LogP contribution in [0.2, 0.25) is 0 Å². The van der Waals surface area contributed by atoms with Gasteiger partial charge in [0.15, 0.2) is 0 Å². The number of benzene rings is 1. The molecule has 1 atom stereocenters. The third kappa shape index (κ3) is 4.00. The number of nitro groups is 1. The van der Waals surface area contributed by atoms with Crippen LogP contribution in [0, 0.1) is 15.5 Å². The zero-order valence-electron chi connectivity index (χ0n) is 10.9. The minimum atomic E-state index is -0.754. The molecule has 0 radical (unpaired) electrons. The largest absolute Gasteiger partial charge is 0.319 e. The minimum absolute atomic E-state index is 0.137. The van der Waals surface area contributed by atoms with Gasteiger partial charge in [0.1, 0.15) is 5.69 Å². The molecule has 0 spiro atoms. The van der Waals surface area contributed by atoms with Crippen molar-refractivity contribution in [1.29, 1.82) is 0 Å². The molecule has 1 amide bonds. The Kier molecular flexibility index (Phi) is 4.65. The molecule has 0 aliphatic carbocycles. The molecule has 0 saturated heterocycles. The molecule has 3 N–H and O–H groups in total. The molecule has 6 nitrogen and oxygen atoms in total. The fourth-order valence-electron chi connectivity index (χ4n) is 1.37. The van der Waals surface area contributed by atoms with Crippen LogP contribution in [0.25, 0.3) is 0 Å². The molecular weight excluding hydrogens is 314 g/mol. The second-order valence-electron chi connectivity index (χ2n) is 5.25. The van der Waals surface area contributed by atoms with Gasteiger partial charge in [-0.2, -0.15) is 0 Å². The molecule has 0 aliphatic heterocycles. The van der Waals surface area contributed by atoms with E-state index in [0.29, 0.717) is 4.47 Å². The summed E-state index contributed by atoms with van der Waals surface area (Å²) in [4.78, 5) is 22.3. The number of anilines is 1. The maximum absolute atomic E-state index is 11.9. The first kappa shape index (κ1) is 15.6. The van der Waals surface area contributed by atoms with Crippen molar-refractivity contribution < 1.29 is 9.72 Å². The maximum Gasteiger partial charge on any atom is 0.293 e. The molecule has 19 heavy (non-hydrogen) atoms. The second-order valence-corrected chi connectivity index (χ2v) is 6.17. The lowest BCUT2D eigenvalue weighted by Gasteiger charge is -2.25. The van der Waals surface area contributed by atoms with Crippen LogP contribution < -0.4 is 11.1 Å². The molecule has 1 rings (SSSR count). The standard InChI is InChI=1S/C12H16BrN3O3/c1-12(2,3)10(14)11(17)15-8-5-4-7(13)6-9(8)16(18)19/h4-6,10H,14H2,1-3H3,(H,15,17)/t10-/m0/s1. The molecule has 104 valence electrons. The third-order valence-corrected chi connectivity index (χ3v) is 3.12. The molecule has 0 fully saturated rings. The lowest BCUT2D eigenvalue weighted by atomic mass is 9.87. The number of carbonyl (C=O) groups is 1. The topological polar surface area (TPSA) is 98.3 Å². The average Bonchev–Trinajstić information content (AvgIpc) is 2.28. The van der Waals surface area contributed by atoms with E-state index in [-0.39, 0.29) is 11.4 Å². The molecular formula is C12H16BrN3O3. The van der Waals surface area contributed by atoms with Gasteiger partial charge < -0.3 is 11.1 Å². The van der Waals surface area contributed by atoms with E-state index in [1.54, 1.807) is 6.07 Å². The Morgan fingerprint density at radius 1 is 1.47 bits per heavy atom. The van der Waals surface area contributed by atoms with E-state index < -0.39 is 22.3 Å². The summed E-state index contributed by atoms with van der Waals surface area (Å²) in [5.74, 6) is -0.446. The van der Waals surface area contributed by atoms with Crippen LogP contribution in [0.15, 0.2) is 22.7 Å². The number of amides is 1. The number of hydrogen-bond donors (Lipinski definition) is 2. The van der Waals surface area contributed by atoms with Crippen LogP contribution >= 0.6 is 15.9 Å². The Morgan fingerprint density at radius 2 is 2.05 bits per heavy atom. The predicted molar refractivity (Wildman–Crippen MR) is 76.9 cm³/mol. The first-order valence-corrected chi connectivity index (χ1v) is 6.42. The Bertz CT molecular complexity index is 511. The van der Waals surface area contributed by atoms with E-state index in [2.05, 4.69) is 21.2 Å². The molecule has 1 aromatic rings. The summed E-state index contributed by atoms with van der Waals surface area (Å²) in [6.45, 7) is 5.48. The molecule has 0 saturated carbocycles. The number of rotatable bonds is 3. The molecule has 0 bridgehead atoms. The van der Waals surface area contributed by atoms with Gasteiger partial charge in [0, 0.05) is 10.5 Å². The normalized spacial score (nSPS) is 12.9. The first-order valence-electron chi connectivity index (χ1n) is 5.63. The first-order chi connectivity index (χ1) is 8.62. The van der Waals surface area contributed by atoms with Crippen molar-refractivity contribution in [3.63, 3.8) is 0 Å². The molecule has 0 heterocycles. The van der Waals surface area contributed by atoms with Crippen LogP contribution in [0.5, 0.6) is 0 Å². The number of nitrogens with zero attached hydrogens (tertiary/aromatic N) is 1. The molecule has 1 aromatic carbocycles. The van der Waals surface area contributed by atoms with Crippen molar-refractivity contribution in [2.75, 3.05) is 5.32 Å². The van der Waals surface area contributed by atoms with Gasteiger partial charge in [-0.25, -0.2) is 0 Å². The summed E-state index contributed by atoms with van der Waals surface area (Å²) < 4.78 is 0.567. The summed E-state index contributed by atoms with van der Waals surface area (Å²) in [7, 11) is 0. The zero-order valence-corrected chi connectivity index (χ0v) is 12.5. The van der Waals surface area contributed by atoms with Crippen LogP contribution in [-0.2, 0) is 4.79 Å².